The van der Waals surface area contributed by atoms with Crippen LogP contribution in [0, 0.1) is 24.0 Å². The predicted molar refractivity (Wildman–Crippen MR) is 83.1 cm³/mol. The lowest BCUT2D eigenvalue weighted by Crippen LogP contribution is -1.95. The first-order chi connectivity index (χ1) is 9.08. The Bertz CT molecular complexity index is 623. The fraction of sp³-hybridized carbons (Fsp3) is 0.167. The van der Waals surface area contributed by atoms with Crippen LogP contribution in [0.4, 0.5) is 10.8 Å². The molecular weight excluding hydrogens is 300 g/mol. The van der Waals surface area contributed by atoms with Crippen LogP contribution < -0.4 is 5.43 Å². The Balaban J connectivity index is 0.00000200. The van der Waals surface area contributed by atoms with E-state index in [1.807, 2.05) is 13.8 Å². The molecule has 106 valence electrons. The minimum Gasteiger partial charge on any atom is -0.258 e. The lowest BCUT2D eigenvalue weighted by Gasteiger charge is -1.96. The fourth-order valence-corrected chi connectivity index (χ4v) is 2.20. The summed E-state index contributed by atoms with van der Waals surface area (Å²) in [4.78, 5) is 15.8. The van der Waals surface area contributed by atoms with Gasteiger partial charge in [0.15, 0.2) is 0 Å². The van der Waals surface area contributed by atoms with Crippen LogP contribution in [0.1, 0.15) is 16.1 Å². The van der Waals surface area contributed by atoms with Gasteiger partial charge in [0.25, 0.3) is 5.69 Å². The number of nitrogens with zero attached hydrogens (tertiary/aromatic N) is 3. The van der Waals surface area contributed by atoms with Gasteiger partial charge in [0.2, 0.25) is 5.13 Å². The largest absolute Gasteiger partial charge is 0.278 e. The van der Waals surface area contributed by atoms with Crippen LogP contribution in [-0.4, -0.2) is 16.1 Å². The Labute approximate surface area is 126 Å². The van der Waals surface area contributed by atoms with E-state index >= 15 is 0 Å². The maximum Gasteiger partial charge on any atom is 0.278 e. The number of rotatable bonds is 4. The highest BCUT2D eigenvalue weighted by Crippen LogP contribution is 2.21. The number of anilines is 1. The monoisotopic (exact) mass is 312 g/mol. The summed E-state index contributed by atoms with van der Waals surface area (Å²) in [7, 11) is 0. The molecule has 20 heavy (non-hydrogen) atoms. The van der Waals surface area contributed by atoms with Crippen molar-refractivity contribution in [2.45, 2.75) is 13.8 Å². The summed E-state index contributed by atoms with van der Waals surface area (Å²) in [5, 5.41) is 15.5. The summed E-state index contributed by atoms with van der Waals surface area (Å²) in [6.45, 7) is 3.90. The van der Waals surface area contributed by atoms with Crippen molar-refractivity contribution >= 4 is 40.8 Å². The first-order valence-electron chi connectivity index (χ1n) is 5.54. The molecule has 0 aliphatic carbocycles. The molecule has 8 heteroatoms. The summed E-state index contributed by atoms with van der Waals surface area (Å²) < 4.78 is 0. The summed E-state index contributed by atoms with van der Waals surface area (Å²) >= 11 is 1.49. The van der Waals surface area contributed by atoms with Gasteiger partial charge in [0.05, 0.1) is 22.4 Å². The van der Waals surface area contributed by atoms with Crippen LogP contribution in [0.2, 0.25) is 0 Å². The molecule has 0 saturated carbocycles. The van der Waals surface area contributed by atoms with E-state index in [9.17, 15) is 10.1 Å². The Morgan fingerprint density at radius 3 is 2.70 bits per heavy atom. The molecule has 0 bridgehead atoms. The molecule has 0 saturated heterocycles. The Hall–Kier alpha value is -1.99. The smallest absolute Gasteiger partial charge is 0.258 e. The van der Waals surface area contributed by atoms with Crippen molar-refractivity contribution in [2.75, 3.05) is 5.43 Å². The summed E-state index contributed by atoms with van der Waals surface area (Å²) in [6, 6.07) is 6.43. The first-order valence-corrected chi connectivity index (χ1v) is 6.36. The molecule has 0 radical (unpaired) electrons. The number of hydrazone groups is 1. The lowest BCUT2D eigenvalue weighted by molar-refractivity contribution is -0.385. The van der Waals surface area contributed by atoms with Crippen LogP contribution in [0.15, 0.2) is 29.4 Å². The minimum atomic E-state index is -0.432. The highest BCUT2D eigenvalue weighted by Gasteiger charge is 2.09. The van der Waals surface area contributed by atoms with Gasteiger partial charge in [-0.05, 0) is 19.9 Å². The molecule has 0 unspecified atom stereocenters. The number of aromatic nitrogens is 1. The van der Waals surface area contributed by atoms with E-state index in [0.29, 0.717) is 10.7 Å². The third kappa shape index (κ3) is 3.75. The second-order valence-electron chi connectivity index (χ2n) is 3.85. The third-order valence-corrected chi connectivity index (χ3v) is 3.50. The van der Waals surface area contributed by atoms with E-state index in [2.05, 4.69) is 15.5 Å². The highest BCUT2D eigenvalue weighted by molar-refractivity contribution is 7.15. The molecule has 0 aliphatic heterocycles. The Kier molecular flexibility index (Phi) is 5.60. The molecule has 1 heterocycles. The lowest BCUT2D eigenvalue weighted by atomic mass is 10.2. The summed E-state index contributed by atoms with van der Waals surface area (Å²) in [5.41, 5.74) is 4.20. The van der Waals surface area contributed by atoms with Crippen LogP contribution >= 0.6 is 23.7 Å². The SMILES string of the molecule is Cc1nc(NN=Cc2ccccc2[N+](=O)[O-])sc1C.Cl. The van der Waals surface area contributed by atoms with E-state index in [4.69, 9.17) is 0 Å². The van der Waals surface area contributed by atoms with Crippen molar-refractivity contribution in [3.8, 4) is 0 Å². The zero-order valence-corrected chi connectivity index (χ0v) is 12.5. The molecule has 2 rings (SSSR count). The molecule has 0 atom stereocenters. The van der Waals surface area contributed by atoms with Crippen LogP contribution in [0.25, 0.3) is 0 Å². The Morgan fingerprint density at radius 1 is 1.40 bits per heavy atom. The Morgan fingerprint density at radius 2 is 2.10 bits per heavy atom. The summed E-state index contributed by atoms with van der Waals surface area (Å²) in [6.07, 6.45) is 1.42. The number of aryl methyl sites for hydroxylation is 2. The quantitative estimate of drug-likeness (QED) is 0.532. The highest BCUT2D eigenvalue weighted by atomic mass is 35.5. The van der Waals surface area contributed by atoms with Gasteiger partial charge in [-0.2, -0.15) is 5.10 Å². The van der Waals surface area contributed by atoms with Crippen LogP contribution in [0.3, 0.4) is 0 Å². The van der Waals surface area contributed by atoms with Crippen molar-refractivity contribution in [1.82, 2.24) is 4.98 Å². The van der Waals surface area contributed by atoms with Gasteiger partial charge in [-0.25, -0.2) is 4.98 Å². The average molecular weight is 313 g/mol. The molecule has 1 N–H and O–H groups in total. The van der Waals surface area contributed by atoms with E-state index < -0.39 is 4.92 Å². The van der Waals surface area contributed by atoms with E-state index in [1.54, 1.807) is 18.2 Å². The number of nitrogens with one attached hydrogen (secondary N) is 1. The van der Waals surface area contributed by atoms with Crippen LogP contribution in [0.5, 0.6) is 0 Å². The normalized spacial score (nSPS) is 10.3. The number of hydrogen-bond donors (Lipinski definition) is 1. The second-order valence-corrected chi connectivity index (χ2v) is 5.05. The number of nitro benzene ring substituents is 1. The fourth-order valence-electron chi connectivity index (χ4n) is 1.44. The number of hydrogen-bond acceptors (Lipinski definition) is 6. The minimum absolute atomic E-state index is 0. The van der Waals surface area contributed by atoms with E-state index in [-0.39, 0.29) is 18.1 Å². The molecule has 0 fully saturated rings. The van der Waals surface area contributed by atoms with Gasteiger partial charge in [0.1, 0.15) is 0 Å². The molecule has 6 nitrogen and oxygen atoms in total. The number of para-hydroxylation sites is 1. The second kappa shape index (κ2) is 6.97. The van der Waals surface area contributed by atoms with E-state index in [1.165, 1.54) is 23.6 Å². The predicted octanol–water partition coefficient (Wildman–Crippen LogP) is 3.54. The van der Waals surface area contributed by atoms with Crippen molar-refractivity contribution in [3.63, 3.8) is 0 Å². The topological polar surface area (TPSA) is 80.4 Å². The van der Waals surface area contributed by atoms with Gasteiger partial charge in [0, 0.05) is 10.9 Å². The van der Waals surface area contributed by atoms with Gasteiger partial charge in [-0.15, -0.1) is 23.7 Å². The molecule has 0 amide bonds. The maximum atomic E-state index is 10.8. The van der Waals surface area contributed by atoms with Crippen molar-refractivity contribution in [2.24, 2.45) is 5.10 Å². The molecule has 0 aliphatic rings. The average Bonchev–Trinajstić information content (AvgIpc) is 2.69. The van der Waals surface area contributed by atoms with Crippen molar-refractivity contribution < 1.29 is 4.92 Å². The van der Waals surface area contributed by atoms with Crippen molar-refractivity contribution in [1.29, 1.82) is 0 Å². The first kappa shape index (κ1) is 16.1. The van der Waals surface area contributed by atoms with Gasteiger partial charge < -0.3 is 0 Å². The van der Waals surface area contributed by atoms with Crippen LogP contribution in [-0.2, 0) is 0 Å². The summed E-state index contributed by atoms with van der Waals surface area (Å²) in [5.74, 6) is 0. The molecule has 0 spiro atoms. The standard InChI is InChI=1S/C12H12N4O2S.ClH/c1-8-9(2)19-12(14-8)15-13-7-10-5-3-4-6-11(10)16(17)18;/h3-7H,1-2H3,(H,14,15);1H. The van der Waals surface area contributed by atoms with Crippen molar-refractivity contribution in [3.05, 3.63) is 50.5 Å². The molecule has 1 aromatic heterocycles. The molecular formula is C12H13ClN4O2S. The maximum absolute atomic E-state index is 10.8. The number of nitro groups is 1. The zero-order valence-electron chi connectivity index (χ0n) is 10.9. The molecule has 2 aromatic rings. The van der Waals surface area contributed by atoms with Gasteiger partial charge >= 0.3 is 0 Å². The number of benzene rings is 1. The molecule has 1 aromatic carbocycles. The van der Waals surface area contributed by atoms with E-state index in [0.717, 1.165) is 10.6 Å². The number of halogens is 1. The third-order valence-electron chi connectivity index (χ3n) is 2.53. The van der Waals surface area contributed by atoms with Gasteiger partial charge in [-0.1, -0.05) is 12.1 Å². The zero-order chi connectivity index (χ0) is 13.8. The number of thiazole rings is 1. The van der Waals surface area contributed by atoms with Gasteiger partial charge in [-0.3, -0.25) is 15.5 Å².